The lowest BCUT2D eigenvalue weighted by Crippen LogP contribution is -1.86. The summed E-state index contributed by atoms with van der Waals surface area (Å²) in [5.41, 5.74) is 1.94. The van der Waals surface area contributed by atoms with E-state index >= 15 is 0 Å². The van der Waals surface area contributed by atoms with Crippen molar-refractivity contribution in [2.45, 2.75) is 6.92 Å². The zero-order valence-electron chi connectivity index (χ0n) is 9.61. The molecule has 2 nitrogen and oxygen atoms in total. The van der Waals surface area contributed by atoms with E-state index in [-0.39, 0.29) is 11.6 Å². The molecule has 0 aliphatic rings. The number of aromatic nitrogens is 1. The Kier molecular flexibility index (Phi) is 4.57. The van der Waals surface area contributed by atoms with Gasteiger partial charge < -0.3 is 5.11 Å². The second-order valence-electron chi connectivity index (χ2n) is 3.33. The fraction of sp³-hybridized carbons (Fsp3) is 0.154. The number of nitrogens with zero attached hydrogens (tertiary/aromatic N) is 1. The monoisotopic (exact) mass is 237 g/mol. The average molecular weight is 237 g/mol. The number of rotatable bonds is 1. The molecule has 1 aromatic carbocycles. The summed E-state index contributed by atoms with van der Waals surface area (Å²) in [7, 11) is 0.500. The normalized spacial score (nSPS) is 9.41. The summed E-state index contributed by atoms with van der Waals surface area (Å²) in [5, 5.41) is 9.76. The van der Waals surface area contributed by atoms with Crippen molar-refractivity contribution in [1.29, 1.82) is 0 Å². The molecule has 0 unspecified atom stereocenters. The van der Waals surface area contributed by atoms with Crippen LogP contribution in [-0.4, -0.2) is 17.3 Å². The van der Waals surface area contributed by atoms with Crippen LogP contribution in [0.25, 0.3) is 11.3 Å². The van der Waals surface area contributed by atoms with Gasteiger partial charge in [0.2, 0.25) is 0 Å². The van der Waals surface area contributed by atoms with E-state index in [2.05, 4.69) is 4.98 Å². The van der Waals surface area contributed by atoms with Gasteiger partial charge >= 0.3 is 0 Å². The molecular formula is C13H13F2NO. The highest BCUT2D eigenvalue weighted by Crippen LogP contribution is 2.29. The SMILES string of the molecule is CF.Cc1ccnc(-c2ccc(F)cc2)c1O. The molecule has 0 aliphatic carbocycles. The number of aromatic hydroxyl groups is 1. The fourth-order valence-electron chi connectivity index (χ4n) is 1.37. The van der Waals surface area contributed by atoms with Gasteiger partial charge in [-0.1, -0.05) is 0 Å². The smallest absolute Gasteiger partial charge is 0.144 e. The highest BCUT2D eigenvalue weighted by atomic mass is 19.1. The Morgan fingerprint density at radius 2 is 1.65 bits per heavy atom. The van der Waals surface area contributed by atoms with Crippen LogP contribution in [0.1, 0.15) is 5.56 Å². The number of aryl methyl sites for hydroxylation is 1. The number of hydrogen-bond donors (Lipinski definition) is 1. The van der Waals surface area contributed by atoms with E-state index in [1.807, 2.05) is 0 Å². The number of alkyl halides is 1. The predicted molar refractivity (Wildman–Crippen MR) is 63.1 cm³/mol. The van der Waals surface area contributed by atoms with Crippen LogP contribution in [0.3, 0.4) is 0 Å². The summed E-state index contributed by atoms with van der Waals surface area (Å²) in [6.07, 6.45) is 1.62. The zero-order chi connectivity index (χ0) is 12.8. The second kappa shape index (κ2) is 5.94. The summed E-state index contributed by atoms with van der Waals surface area (Å²) in [4.78, 5) is 4.07. The van der Waals surface area contributed by atoms with Crippen molar-refractivity contribution in [2.24, 2.45) is 0 Å². The van der Waals surface area contributed by atoms with Gasteiger partial charge in [-0.15, -0.1) is 0 Å². The van der Waals surface area contributed by atoms with E-state index in [0.717, 1.165) is 5.56 Å². The lowest BCUT2D eigenvalue weighted by molar-refractivity contribution is 0.471. The van der Waals surface area contributed by atoms with Gasteiger partial charge in [0.1, 0.15) is 17.3 Å². The molecule has 2 aromatic rings. The van der Waals surface area contributed by atoms with Crippen LogP contribution in [0, 0.1) is 12.7 Å². The van der Waals surface area contributed by atoms with Crippen molar-refractivity contribution in [2.75, 3.05) is 7.18 Å². The third-order valence-corrected chi connectivity index (χ3v) is 2.24. The molecule has 0 bridgehead atoms. The summed E-state index contributed by atoms with van der Waals surface area (Å²) in [6, 6.07) is 7.60. The predicted octanol–water partition coefficient (Wildman–Crippen LogP) is 3.49. The molecule has 4 heteroatoms. The van der Waals surface area contributed by atoms with Crippen molar-refractivity contribution < 1.29 is 13.9 Å². The molecule has 17 heavy (non-hydrogen) atoms. The zero-order valence-corrected chi connectivity index (χ0v) is 9.61. The molecule has 0 amide bonds. The molecule has 0 atom stereocenters. The van der Waals surface area contributed by atoms with Gasteiger partial charge in [0.15, 0.2) is 0 Å². The molecule has 0 saturated carbocycles. The van der Waals surface area contributed by atoms with Crippen LogP contribution >= 0.6 is 0 Å². The topological polar surface area (TPSA) is 33.1 Å². The van der Waals surface area contributed by atoms with Gasteiger partial charge in [-0.25, -0.2) is 4.39 Å². The molecule has 90 valence electrons. The van der Waals surface area contributed by atoms with Crippen molar-refractivity contribution in [3.8, 4) is 17.0 Å². The average Bonchev–Trinajstić information content (AvgIpc) is 2.37. The Balaban J connectivity index is 0.000000686. The summed E-state index contributed by atoms with van der Waals surface area (Å²) in [6.45, 7) is 1.80. The Morgan fingerprint density at radius 1 is 1.06 bits per heavy atom. The highest BCUT2D eigenvalue weighted by molar-refractivity contribution is 5.67. The summed E-state index contributed by atoms with van der Waals surface area (Å²) in [5.74, 6) is -0.157. The highest BCUT2D eigenvalue weighted by Gasteiger charge is 2.07. The molecule has 1 heterocycles. The summed E-state index contributed by atoms with van der Waals surface area (Å²) < 4.78 is 22.2. The third-order valence-electron chi connectivity index (χ3n) is 2.24. The maximum absolute atomic E-state index is 12.7. The minimum Gasteiger partial charge on any atom is -0.505 e. The lowest BCUT2D eigenvalue weighted by Gasteiger charge is -2.05. The second-order valence-corrected chi connectivity index (χ2v) is 3.33. The molecule has 2 rings (SSSR count). The molecule has 0 saturated heterocycles. The first kappa shape index (κ1) is 13.1. The minimum atomic E-state index is -0.300. The lowest BCUT2D eigenvalue weighted by atomic mass is 10.1. The number of pyridine rings is 1. The van der Waals surface area contributed by atoms with Gasteiger partial charge in [-0.2, -0.15) is 0 Å². The number of hydrogen-bond acceptors (Lipinski definition) is 2. The van der Waals surface area contributed by atoms with Crippen LogP contribution in [0.2, 0.25) is 0 Å². The molecule has 0 spiro atoms. The number of halogens is 2. The quantitative estimate of drug-likeness (QED) is 0.823. The largest absolute Gasteiger partial charge is 0.505 e. The van der Waals surface area contributed by atoms with E-state index < -0.39 is 0 Å². The fourth-order valence-corrected chi connectivity index (χ4v) is 1.37. The van der Waals surface area contributed by atoms with E-state index in [1.165, 1.54) is 12.1 Å². The van der Waals surface area contributed by atoms with Gasteiger partial charge in [0, 0.05) is 11.8 Å². The van der Waals surface area contributed by atoms with E-state index in [1.54, 1.807) is 31.3 Å². The first-order chi connectivity index (χ1) is 8.18. The van der Waals surface area contributed by atoms with Crippen LogP contribution in [0.4, 0.5) is 8.78 Å². The number of benzene rings is 1. The van der Waals surface area contributed by atoms with Gasteiger partial charge in [-0.3, -0.25) is 9.37 Å². The van der Waals surface area contributed by atoms with E-state index in [4.69, 9.17) is 0 Å². The van der Waals surface area contributed by atoms with Crippen LogP contribution in [0.15, 0.2) is 36.5 Å². The van der Waals surface area contributed by atoms with Crippen molar-refractivity contribution >= 4 is 0 Å². The van der Waals surface area contributed by atoms with Crippen molar-refractivity contribution in [3.63, 3.8) is 0 Å². The van der Waals surface area contributed by atoms with Crippen molar-refractivity contribution in [1.82, 2.24) is 4.98 Å². The van der Waals surface area contributed by atoms with Crippen LogP contribution in [0.5, 0.6) is 5.75 Å². The minimum absolute atomic E-state index is 0.143. The van der Waals surface area contributed by atoms with E-state index in [9.17, 15) is 13.9 Å². The summed E-state index contributed by atoms with van der Waals surface area (Å²) >= 11 is 0. The molecular weight excluding hydrogens is 224 g/mol. The maximum atomic E-state index is 12.7. The standard InChI is InChI=1S/C12H10FNO.CH3F/c1-8-6-7-14-11(12(8)15)9-2-4-10(13)5-3-9;1-2/h2-7,15H,1H3;1H3. The Morgan fingerprint density at radius 3 is 2.24 bits per heavy atom. The molecule has 1 aromatic heterocycles. The Labute approximate surface area is 98.6 Å². The molecule has 0 aliphatic heterocycles. The molecule has 1 N–H and O–H groups in total. The first-order valence-corrected chi connectivity index (χ1v) is 4.97. The van der Waals surface area contributed by atoms with Crippen molar-refractivity contribution in [3.05, 3.63) is 47.9 Å². The van der Waals surface area contributed by atoms with Crippen LogP contribution < -0.4 is 0 Å². The third kappa shape index (κ3) is 3.00. The van der Waals surface area contributed by atoms with Gasteiger partial charge in [0.25, 0.3) is 0 Å². The Hall–Kier alpha value is -1.97. The first-order valence-electron chi connectivity index (χ1n) is 4.97. The molecule has 0 fully saturated rings. The van der Waals surface area contributed by atoms with Crippen LogP contribution in [-0.2, 0) is 0 Å². The maximum Gasteiger partial charge on any atom is 0.144 e. The Bertz CT molecular complexity index is 483. The van der Waals surface area contributed by atoms with E-state index in [0.29, 0.717) is 18.4 Å². The molecule has 0 radical (unpaired) electrons. The van der Waals surface area contributed by atoms with Gasteiger partial charge in [0.05, 0.1) is 7.18 Å². The van der Waals surface area contributed by atoms with Gasteiger partial charge in [-0.05, 0) is 42.8 Å².